The molecule has 0 aromatic heterocycles. The molecule has 0 saturated heterocycles. The monoisotopic (exact) mass is 367 g/mol. The van der Waals surface area contributed by atoms with Gasteiger partial charge in [-0.25, -0.2) is 4.79 Å². The molecule has 2 nitrogen and oxygen atoms in total. The third-order valence-electron chi connectivity index (χ3n) is 4.84. The van der Waals surface area contributed by atoms with Crippen LogP contribution in [0, 0.1) is 0 Å². The highest BCUT2D eigenvalue weighted by atomic mass is 35.5. The molecule has 1 aromatic carbocycles. The fourth-order valence-corrected chi connectivity index (χ4v) is 3.19. The van der Waals surface area contributed by atoms with E-state index < -0.39 is 0 Å². The molecular weight excluding hydrogens is 330 g/mol. The number of hydrogen-bond acceptors (Lipinski definition) is 1. The summed E-state index contributed by atoms with van der Waals surface area (Å²) in [5, 5.41) is 0. The molecule has 0 spiro atoms. The molecule has 0 radical (unpaired) electrons. The van der Waals surface area contributed by atoms with Crippen LogP contribution in [0.2, 0.25) is 0 Å². The maximum atomic E-state index is 12.5. The Labute approximate surface area is 162 Å². The summed E-state index contributed by atoms with van der Waals surface area (Å²) in [6.07, 6.45) is 13.9. The summed E-state index contributed by atoms with van der Waals surface area (Å²) in [7, 11) is 4.07. The number of hydrogen-bond donors (Lipinski definition) is 0. The van der Waals surface area contributed by atoms with Gasteiger partial charge in [0, 0.05) is 5.56 Å². The molecule has 25 heavy (non-hydrogen) atoms. The van der Waals surface area contributed by atoms with Gasteiger partial charge >= 0.3 is 5.91 Å². The van der Waals surface area contributed by atoms with Crippen LogP contribution in [-0.4, -0.2) is 24.5 Å². The Morgan fingerprint density at radius 3 is 1.80 bits per heavy atom. The van der Waals surface area contributed by atoms with Crippen molar-refractivity contribution in [1.82, 2.24) is 0 Å². The van der Waals surface area contributed by atoms with E-state index in [2.05, 4.69) is 19.1 Å². The van der Waals surface area contributed by atoms with E-state index in [0.717, 1.165) is 19.4 Å². The molecule has 3 heteroatoms. The molecule has 0 aliphatic rings. The number of rotatable bonds is 13. The Bertz CT molecular complexity index is 445. The molecule has 0 aliphatic carbocycles. The van der Waals surface area contributed by atoms with E-state index in [0.29, 0.717) is 10.4 Å². The number of carbonyl (C=O) groups is 1. The summed E-state index contributed by atoms with van der Waals surface area (Å²) in [5.74, 6) is 0.360. The summed E-state index contributed by atoms with van der Waals surface area (Å²) < 4.78 is 0.460. The molecular formula is C22H38ClNO. The summed E-state index contributed by atoms with van der Waals surface area (Å²) in [4.78, 5) is 12.5. The second kappa shape index (κ2) is 14.3. The number of halogens is 1. The Morgan fingerprint density at radius 2 is 1.28 bits per heavy atom. The quantitative estimate of drug-likeness (QED) is 0.386. The first kappa shape index (κ1) is 24.1. The molecule has 0 fully saturated rings. The molecule has 0 unspecified atom stereocenters. The van der Waals surface area contributed by atoms with Crippen molar-refractivity contribution in [3.05, 3.63) is 35.9 Å². The van der Waals surface area contributed by atoms with Crippen LogP contribution in [0.15, 0.2) is 30.3 Å². The van der Waals surface area contributed by atoms with Crippen LogP contribution in [-0.2, 0) is 11.3 Å². The minimum absolute atomic E-state index is 0. The van der Waals surface area contributed by atoms with E-state index >= 15 is 0 Å². The second-order valence-electron chi connectivity index (χ2n) is 7.65. The molecule has 0 bridgehead atoms. The molecule has 1 aromatic rings. The van der Waals surface area contributed by atoms with Gasteiger partial charge in [-0.05, 0) is 6.42 Å². The number of amides is 1. The van der Waals surface area contributed by atoms with E-state index in [4.69, 9.17) is 0 Å². The molecule has 0 N–H and O–H groups in total. The van der Waals surface area contributed by atoms with E-state index in [9.17, 15) is 4.79 Å². The second-order valence-corrected chi connectivity index (χ2v) is 7.65. The average molecular weight is 368 g/mol. The largest absolute Gasteiger partial charge is 1.00 e. The summed E-state index contributed by atoms with van der Waals surface area (Å²) in [6, 6.07) is 10.3. The summed E-state index contributed by atoms with van der Waals surface area (Å²) >= 11 is 0. The zero-order valence-electron chi connectivity index (χ0n) is 16.6. The summed E-state index contributed by atoms with van der Waals surface area (Å²) in [6.45, 7) is 3.05. The van der Waals surface area contributed by atoms with Crippen LogP contribution in [0.3, 0.4) is 0 Å². The first-order chi connectivity index (χ1) is 11.6. The number of carbonyl (C=O) groups excluding carboxylic acids is 1. The molecule has 1 rings (SSSR count). The molecule has 1 amide bonds. The van der Waals surface area contributed by atoms with Gasteiger partial charge in [0.05, 0.1) is 20.5 Å². The first-order valence-electron chi connectivity index (χ1n) is 9.96. The predicted octanol–water partition coefficient (Wildman–Crippen LogP) is 3.10. The van der Waals surface area contributed by atoms with Gasteiger partial charge in [-0.15, -0.1) is 0 Å². The fourth-order valence-electron chi connectivity index (χ4n) is 3.19. The maximum absolute atomic E-state index is 12.5. The number of nitrogens with zero attached hydrogens (tertiary/aromatic N) is 1. The van der Waals surface area contributed by atoms with Crippen molar-refractivity contribution in [3.63, 3.8) is 0 Å². The molecule has 144 valence electrons. The molecule has 0 heterocycles. The average Bonchev–Trinajstić information content (AvgIpc) is 2.57. The van der Waals surface area contributed by atoms with Crippen LogP contribution in [0.1, 0.15) is 83.1 Å². The lowest BCUT2D eigenvalue weighted by Gasteiger charge is -2.27. The van der Waals surface area contributed by atoms with Crippen molar-refractivity contribution < 1.29 is 21.7 Å². The van der Waals surface area contributed by atoms with Crippen molar-refractivity contribution in [1.29, 1.82) is 0 Å². The minimum atomic E-state index is 0. The van der Waals surface area contributed by atoms with E-state index in [1.807, 2.05) is 32.3 Å². The van der Waals surface area contributed by atoms with Crippen LogP contribution in [0.5, 0.6) is 0 Å². The highest BCUT2D eigenvalue weighted by Crippen LogP contribution is 2.15. The molecule has 0 saturated carbocycles. The highest BCUT2D eigenvalue weighted by Gasteiger charge is 2.25. The third-order valence-corrected chi connectivity index (χ3v) is 4.84. The van der Waals surface area contributed by atoms with Gasteiger partial charge in [0.2, 0.25) is 0 Å². The van der Waals surface area contributed by atoms with E-state index in [-0.39, 0.29) is 12.4 Å². The van der Waals surface area contributed by atoms with Crippen LogP contribution in [0.4, 0.5) is 0 Å². The van der Waals surface area contributed by atoms with Crippen molar-refractivity contribution in [2.45, 2.75) is 84.1 Å². The van der Waals surface area contributed by atoms with Crippen molar-refractivity contribution in [2.75, 3.05) is 14.1 Å². The maximum Gasteiger partial charge on any atom is 0.313 e. The molecule has 0 atom stereocenters. The fraction of sp³-hybridized carbons (Fsp3) is 0.682. The zero-order chi connectivity index (χ0) is 17.7. The van der Waals surface area contributed by atoms with E-state index in [1.54, 1.807) is 0 Å². The number of quaternary nitrogens is 1. The van der Waals surface area contributed by atoms with Crippen molar-refractivity contribution >= 4 is 5.91 Å². The summed E-state index contributed by atoms with van der Waals surface area (Å²) in [5.41, 5.74) is 1.24. The Balaban J connectivity index is 0.00000576. The minimum Gasteiger partial charge on any atom is -1.00 e. The Kier molecular flexibility index (Phi) is 13.8. The predicted molar refractivity (Wildman–Crippen MR) is 104 cm³/mol. The molecule has 0 aliphatic heterocycles. The number of benzene rings is 1. The Morgan fingerprint density at radius 1 is 0.800 bits per heavy atom. The lowest BCUT2D eigenvalue weighted by atomic mass is 10.1. The zero-order valence-corrected chi connectivity index (χ0v) is 17.4. The topological polar surface area (TPSA) is 17.1 Å². The van der Waals surface area contributed by atoms with Gasteiger partial charge in [-0.1, -0.05) is 95.0 Å². The van der Waals surface area contributed by atoms with E-state index in [1.165, 1.54) is 63.4 Å². The lowest BCUT2D eigenvalue weighted by molar-refractivity contribution is -0.828. The Hall–Kier alpha value is -0.860. The van der Waals surface area contributed by atoms with Gasteiger partial charge in [0.25, 0.3) is 0 Å². The standard InChI is InChI=1S/C22H38NO.ClH/c1-4-5-6-7-8-9-10-11-12-16-19-22(24)23(2,3)20-21-17-14-13-15-18-21;/h13-15,17-18H,4-12,16,19-20H2,1-3H3;1H/q+1;/p-1. The lowest BCUT2D eigenvalue weighted by Crippen LogP contribution is -3.00. The smallest absolute Gasteiger partial charge is 0.313 e. The van der Waals surface area contributed by atoms with Crippen LogP contribution < -0.4 is 12.4 Å². The SMILES string of the molecule is CCCCCCCCCCCCC(=O)[N+](C)(C)Cc1ccccc1.[Cl-]. The van der Waals surface area contributed by atoms with Crippen molar-refractivity contribution in [2.24, 2.45) is 0 Å². The normalized spacial score (nSPS) is 11.2. The van der Waals surface area contributed by atoms with Crippen molar-refractivity contribution in [3.8, 4) is 0 Å². The van der Waals surface area contributed by atoms with Gasteiger partial charge in [0.15, 0.2) is 0 Å². The van der Waals surface area contributed by atoms with Crippen LogP contribution >= 0.6 is 0 Å². The van der Waals surface area contributed by atoms with Gasteiger partial charge in [-0.2, -0.15) is 0 Å². The highest BCUT2D eigenvalue weighted by molar-refractivity contribution is 5.68. The van der Waals surface area contributed by atoms with Gasteiger partial charge in [-0.3, -0.25) is 4.48 Å². The van der Waals surface area contributed by atoms with Gasteiger partial charge in [0.1, 0.15) is 6.54 Å². The third kappa shape index (κ3) is 11.4. The van der Waals surface area contributed by atoms with Gasteiger partial charge < -0.3 is 12.4 Å². The first-order valence-corrected chi connectivity index (χ1v) is 9.96. The van der Waals surface area contributed by atoms with Crippen LogP contribution in [0.25, 0.3) is 0 Å². The number of unbranched alkanes of at least 4 members (excludes halogenated alkanes) is 9.